The molecule has 2 N–H and O–H groups in total. The third-order valence-electron chi connectivity index (χ3n) is 3.29. The molecule has 2 atom stereocenters. The van der Waals surface area contributed by atoms with E-state index < -0.39 is 0 Å². The van der Waals surface area contributed by atoms with Crippen molar-refractivity contribution < 1.29 is 5.11 Å². The van der Waals surface area contributed by atoms with Crippen molar-refractivity contribution in [3.05, 3.63) is 0 Å². The number of aliphatic hydroxyl groups excluding tert-OH is 1. The molecular weight excluding hydrogens is 138 g/mol. The molecule has 64 valence electrons. The predicted octanol–water partition coefficient (Wildman–Crippen LogP) is 0.614. The van der Waals surface area contributed by atoms with Gasteiger partial charge in [0, 0.05) is 6.61 Å². The SMILES string of the molecule is OCCC1CC2CNCC2C1. The topological polar surface area (TPSA) is 32.3 Å². The van der Waals surface area contributed by atoms with E-state index in [1.807, 2.05) is 0 Å². The van der Waals surface area contributed by atoms with Crippen LogP contribution in [0.25, 0.3) is 0 Å². The zero-order chi connectivity index (χ0) is 7.68. The highest BCUT2D eigenvalue weighted by Crippen LogP contribution is 2.39. The minimum atomic E-state index is 0.386. The summed E-state index contributed by atoms with van der Waals surface area (Å²) in [6.45, 7) is 2.84. The van der Waals surface area contributed by atoms with Crippen LogP contribution in [-0.4, -0.2) is 24.8 Å². The molecule has 0 radical (unpaired) electrons. The average molecular weight is 155 g/mol. The standard InChI is InChI=1S/C9H17NO/c11-2-1-7-3-8-5-10-6-9(8)4-7/h7-11H,1-6H2. The van der Waals surface area contributed by atoms with Crippen molar-refractivity contribution in [3.63, 3.8) is 0 Å². The molecule has 0 aromatic heterocycles. The summed E-state index contributed by atoms with van der Waals surface area (Å²) in [6, 6.07) is 0. The lowest BCUT2D eigenvalue weighted by atomic mass is 10.0. The molecule has 0 amide bonds. The summed E-state index contributed by atoms with van der Waals surface area (Å²) >= 11 is 0. The van der Waals surface area contributed by atoms with E-state index in [4.69, 9.17) is 5.11 Å². The summed E-state index contributed by atoms with van der Waals surface area (Å²) in [6.07, 6.45) is 3.75. The third-order valence-corrected chi connectivity index (χ3v) is 3.29. The summed E-state index contributed by atoms with van der Waals surface area (Å²) in [5.74, 6) is 2.70. The molecule has 0 aromatic carbocycles. The van der Waals surface area contributed by atoms with Gasteiger partial charge in [-0.05, 0) is 50.1 Å². The van der Waals surface area contributed by atoms with E-state index in [0.717, 1.165) is 24.2 Å². The molecule has 2 unspecified atom stereocenters. The molecule has 2 rings (SSSR count). The summed E-state index contributed by atoms with van der Waals surface area (Å²) in [5.41, 5.74) is 0. The van der Waals surface area contributed by atoms with Gasteiger partial charge in [0.1, 0.15) is 0 Å². The quantitative estimate of drug-likeness (QED) is 0.612. The first kappa shape index (κ1) is 7.56. The van der Waals surface area contributed by atoms with Gasteiger partial charge in [-0.1, -0.05) is 0 Å². The van der Waals surface area contributed by atoms with Gasteiger partial charge in [0.15, 0.2) is 0 Å². The van der Waals surface area contributed by atoms with Crippen LogP contribution in [0.4, 0.5) is 0 Å². The zero-order valence-electron chi connectivity index (χ0n) is 6.92. The Morgan fingerprint density at radius 3 is 2.36 bits per heavy atom. The van der Waals surface area contributed by atoms with Crippen molar-refractivity contribution >= 4 is 0 Å². The highest BCUT2D eigenvalue weighted by molar-refractivity contribution is 4.90. The number of aliphatic hydroxyl groups is 1. The van der Waals surface area contributed by atoms with Crippen LogP contribution in [0.15, 0.2) is 0 Å². The van der Waals surface area contributed by atoms with E-state index >= 15 is 0 Å². The van der Waals surface area contributed by atoms with Gasteiger partial charge in [-0.3, -0.25) is 0 Å². The van der Waals surface area contributed by atoms with Crippen LogP contribution in [0.3, 0.4) is 0 Å². The fraction of sp³-hybridized carbons (Fsp3) is 1.00. The van der Waals surface area contributed by atoms with Crippen molar-refractivity contribution in [2.75, 3.05) is 19.7 Å². The van der Waals surface area contributed by atoms with Gasteiger partial charge in [-0.25, -0.2) is 0 Å². The van der Waals surface area contributed by atoms with Crippen LogP contribution < -0.4 is 5.32 Å². The smallest absolute Gasteiger partial charge is 0.0433 e. The minimum Gasteiger partial charge on any atom is -0.396 e. The first-order valence-electron chi connectivity index (χ1n) is 4.71. The van der Waals surface area contributed by atoms with Gasteiger partial charge >= 0.3 is 0 Å². The molecule has 0 aromatic rings. The van der Waals surface area contributed by atoms with Gasteiger partial charge in [0.25, 0.3) is 0 Å². The fourth-order valence-corrected chi connectivity index (χ4v) is 2.71. The number of nitrogens with one attached hydrogen (secondary N) is 1. The number of hydrogen-bond donors (Lipinski definition) is 2. The third kappa shape index (κ3) is 1.42. The Balaban J connectivity index is 1.84. The fourth-order valence-electron chi connectivity index (χ4n) is 2.71. The average Bonchev–Trinajstić information content (AvgIpc) is 2.46. The highest BCUT2D eigenvalue weighted by atomic mass is 16.3. The van der Waals surface area contributed by atoms with Crippen molar-refractivity contribution in [3.8, 4) is 0 Å². The van der Waals surface area contributed by atoms with E-state index in [0.29, 0.717) is 6.61 Å². The lowest BCUT2D eigenvalue weighted by Gasteiger charge is -2.07. The molecule has 1 heterocycles. The van der Waals surface area contributed by atoms with Gasteiger partial charge in [-0.15, -0.1) is 0 Å². The predicted molar refractivity (Wildman–Crippen MR) is 44.3 cm³/mol. The Hall–Kier alpha value is -0.0800. The van der Waals surface area contributed by atoms with Gasteiger partial charge < -0.3 is 10.4 Å². The van der Waals surface area contributed by atoms with Crippen LogP contribution >= 0.6 is 0 Å². The van der Waals surface area contributed by atoms with Gasteiger partial charge in [-0.2, -0.15) is 0 Å². The molecular formula is C9H17NO. The molecule has 2 heteroatoms. The Labute approximate surface area is 68.0 Å². The highest BCUT2D eigenvalue weighted by Gasteiger charge is 2.36. The van der Waals surface area contributed by atoms with Crippen LogP contribution in [0, 0.1) is 17.8 Å². The molecule has 11 heavy (non-hydrogen) atoms. The lowest BCUT2D eigenvalue weighted by Crippen LogP contribution is -2.12. The molecule has 1 saturated heterocycles. The van der Waals surface area contributed by atoms with Crippen LogP contribution in [0.2, 0.25) is 0 Å². The number of rotatable bonds is 2. The van der Waals surface area contributed by atoms with E-state index in [-0.39, 0.29) is 0 Å². The van der Waals surface area contributed by atoms with E-state index in [1.54, 1.807) is 0 Å². The van der Waals surface area contributed by atoms with Gasteiger partial charge in [0.05, 0.1) is 0 Å². The van der Waals surface area contributed by atoms with Crippen LogP contribution in [0.1, 0.15) is 19.3 Å². The second-order valence-electron chi connectivity index (χ2n) is 4.03. The Morgan fingerprint density at radius 2 is 1.82 bits per heavy atom. The maximum absolute atomic E-state index is 8.77. The second-order valence-corrected chi connectivity index (χ2v) is 4.03. The van der Waals surface area contributed by atoms with Crippen molar-refractivity contribution in [1.29, 1.82) is 0 Å². The Morgan fingerprint density at radius 1 is 1.18 bits per heavy atom. The van der Waals surface area contributed by atoms with Crippen LogP contribution in [0.5, 0.6) is 0 Å². The van der Waals surface area contributed by atoms with Crippen molar-refractivity contribution in [1.82, 2.24) is 5.32 Å². The molecule has 1 aliphatic carbocycles. The summed E-state index contributed by atoms with van der Waals surface area (Å²) in [5, 5.41) is 12.2. The maximum atomic E-state index is 8.77. The zero-order valence-corrected chi connectivity index (χ0v) is 6.92. The molecule has 1 aliphatic heterocycles. The normalized spacial score (nSPS) is 42.8. The Kier molecular flexibility index (Phi) is 2.14. The van der Waals surface area contributed by atoms with E-state index in [9.17, 15) is 0 Å². The number of hydrogen-bond acceptors (Lipinski definition) is 2. The molecule has 2 aliphatic rings. The van der Waals surface area contributed by atoms with E-state index in [2.05, 4.69) is 5.32 Å². The number of fused-ring (bicyclic) bond motifs is 1. The maximum Gasteiger partial charge on any atom is 0.0433 e. The molecule has 2 fully saturated rings. The first-order chi connectivity index (χ1) is 5.40. The lowest BCUT2D eigenvalue weighted by molar-refractivity contribution is 0.254. The van der Waals surface area contributed by atoms with E-state index in [1.165, 1.54) is 25.9 Å². The molecule has 2 nitrogen and oxygen atoms in total. The Bertz CT molecular complexity index is 126. The summed E-state index contributed by atoms with van der Waals surface area (Å²) < 4.78 is 0. The molecule has 0 bridgehead atoms. The first-order valence-corrected chi connectivity index (χ1v) is 4.71. The minimum absolute atomic E-state index is 0.386. The summed E-state index contributed by atoms with van der Waals surface area (Å²) in [7, 11) is 0. The second kappa shape index (κ2) is 3.11. The molecule has 1 saturated carbocycles. The molecule has 0 spiro atoms. The summed E-state index contributed by atoms with van der Waals surface area (Å²) in [4.78, 5) is 0. The largest absolute Gasteiger partial charge is 0.396 e. The van der Waals surface area contributed by atoms with Crippen molar-refractivity contribution in [2.45, 2.75) is 19.3 Å². The monoisotopic (exact) mass is 155 g/mol. The van der Waals surface area contributed by atoms with Crippen molar-refractivity contribution in [2.24, 2.45) is 17.8 Å². The van der Waals surface area contributed by atoms with Gasteiger partial charge in [0.2, 0.25) is 0 Å². The van der Waals surface area contributed by atoms with Crippen LogP contribution in [-0.2, 0) is 0 Å².